The average Bonchev–Trinajstić information content (AvgIpc) is 2.19. The van der Waals surface area contributed by atoms with E-state index in [0.717, 1.165) is 5.69 Å². The minimum Gasteiger partial charge on any atom is -0.357 e. The number of benzene rings is 1. The summed E-state index contributed by atoms with van der Waals surface area (Å²) in [7, 11) is 1.56. The SMILES string of the molecule is CNC(=O)CONc1ccccc1. The number of anilines is 1. The van der Waals surface area contributed by atoms with Gasteiger partial charge < -0.3 is 5.32 Å². The van der Waals surface area contributed by atoms with Crippen LogP contribution in [0.5, 0.6) is 0 Å². The van der Waals surface area contributed by atoms with Gasteiger partial charge in [-0.1, -0.05) is 18.2 Å². The van der Waals surface area contributed by atoms with Crippen molar-refractivity contribution in [3.8, 4) is 0 Å². The fourth-order valence-corrected chi connectivity index (χ4v) is 0.763. The van der Waals surface area contributed by atoms with E-state index < -0.39 is 0 Å². The highest BCUT2D eigenvalue weighted by atomic mass is 16.6. The van der Waals surface area contributed by atoms with Gasteiger partial charge in [0, 0.05) is 7.05 Å². The maximum atomic E-state index is 10.7. The molecule has 0 aliphatic heterocycles. The Balaban J connectivity index is 2.24. The third-order valence-corrected chi connectivity index (χ3v) is 1.45. The molecule has 1 rings (SSSR count). The normalized spacial score (nSPS) is 9.31. The Kier molecular flexibility index (Phi) is 3.78. The van der Waals surface area contributed by atoms with E-state index in [4.69, 9.17) is 4.84 Å². The molecule has 0 saturated carbocycles. The van der Waals surface area contributed by atoms with Crippen molar-refractivity contribution in [1.29, 1.82) is 0 Å². The van der Waals surface area contributed by atoms with Crippen LogP contribution in [0.1, 0.15) is 0 Å². The van der Waals surface area contributed by atoms with Gasteiger partial charge in [0.2, 0.25) is 5.91 Å². The van der Waals surface area contributed by atoms with Crippen LogP contribution in [0.4, 0.5) is 5.69 Å². The van der Waals surface area contributed by atoms with E-state index in [1.165, 1.54) is 0 Å². The maximum absolute atomic E-state index is 10.7. The van der Waals surface area contributed by atoms with Gasteiger partial charge in [-0.15, -0.1) is 0 Å². The summed E-state index contributed by atoms with van der Waals surface area (Å²) in [6.45, 7) is 0.00535. The Hall–Kier alpha value is -1.55. The van der Waals surface area contributed by atoms with E-state index in [0.29, 0.717) is 0 Å². The molecule has 0 heterocycles. The lowest BCUT2D eigenvalue weighted by molar-refractivity contribution is -0.124. The molecule has 0 spiro atoms. The Morgan fingerprint density at radius 3 is 2.69 bits per heavy atom. The van der Waals surface area contributed by atoms with Gasteiger partial charge in [0.05, 0.1) is 5.69 Å². The first-order valence-electron chi connectivity index (χ1n) is 3.96. The highest BCUT2D eigenvalue weighted by molar-refractivity contribution is 5.76. The highest BCUT2D eigenvalue weighted by Crippen LogP contribution is 2.03. The molecule has 0 saturated heterocycles. The predicted molar refractivity (Wildman–Crippen MR) is 50.1 cm³/mol. The minimum atomic E-state index is -0.163. The van der Waals surface area contributed by atoms with Crippen LogP contribution in [0.15, 0.2) is 30.3 Å². The van der Waals surface area contributed by atoms with Gasteiger partial charge in [-0.2, -0.15) is 0 Å². The van der Waals surface area contributed by atoms with Crippen molar-refractivity contribution in [2.24, 2.45) is 0 Å². The topological polar surface area (TPSA) is 50.4 Å². The van der Waals surface area contributed by atoms with E-state index in [1.54, 1.807) is 7.05 Å². The third-order valence-electron chi connectivity index (χ3n) is 1.45. The molecule has 13 heavy (non-hydrogen) atoms. The lowest BCUT2D eigenvalue weighted by Gasteiger charge is -2.05. The van der Waals surface area contributed by atoms with Gasteiger partial charge in [-0.3, -0.25) is 15.1 Å². The number of hydrogen-bond acceptors (Lipinski definition) is 3. The van der Waals surface area contributed by atoms with E-state index in [1.807, 2.05) is 30.3 Å². The third kappa shape index (κ3) is 3.57. The van der Waals surface area contributed by atoms with Gasteiger partial charge in [-0.25, -0.2) is 0 Å². The number of nitrogens with one attached hydrogen (secondary N) is 2. The second kappa shape index (κ2) is 5.16. The lowest BCUT2D eigenvalue weighted by Crippen LogP contribution is -2.24. The Morgan fingerprint density at radius 1 is 1.38 bits per heavy atom. The Morgan fingerprint density at radius 2 is 2.08 bits per heavy atom. The molecular formula is C9H12N2O2. The Bertz CT molecular complexity index is 262. The van der Waals surface area contributed by atoms with Gasteiger partial charge >= 0.3 is 0 Å². The number of amides is 1. The van der Waals surface area contributed by atoms with Gasteiger partial charge in [0.25, 0.3) is 0 Å². The molecule has 0 aliphatic carbocycles. The number of para-hydroxylation sites is 1. The first kappa shape index (κ1) is 9.54. The van der Waals surface area contributed by atoms with Crippen molar-refractivity contribution in [2.45, 2.75) is 0 Å². The lowest BCUT2D eigenvalue weighted by atomic mass is 10.3. The predicted octanol–water partition coefficient (Wildman–Crippen LogP) is 0.776. The average molecular weight is 180 g/mol. The molecule has 0 aliphatic rings. The summed E-state index contributed by atoms with van der Waals surface area (Å²) in [6.07, 6.45) is 0. The van der Waals surface area contributed by atoms with E-state index >= 15 is 0 Å². The largest absolute Gasteiger partial charge is 0.357 e. The summed E-state index contributed by atoms with van der Waals surface area (Å²) in [5.74, 6) is -0.163. The van der Waals surface area contributed by atoms with E-state index in [-0.39, 0.29) is 12.5 Å². The second-order valence-electron chi connectivity index (χ2n) is 2.43. The van der Waals surface area contributed by atoms with Crippen LogP contribution in [0, 0.1) is 0 Å². The Labute approximate surface area is 76.9 Å². The summed E-state index contributed by atoms with van der Waals surface area (Å²) >= 11 is 0. The van der Waals surface area contributed by atoms with Crippen LogP contribution < -0.4 is 10.8 Å². The molecule has 4 nitrogen and oxygen atoms in total. The molecule has 70 valence electrons. The summed E-state index contributed by atoms with van der Waals surface area (Å²) in [5.41, 5.74) is 3.47. The quantitative estimate of drug-likeness (QED) is 0.673. The molecule has 0 fully saturated rings. The summed E-state index contributed by atoms with van der Waals surface area (Å²) < 4.78 is 0. The van der Waals surface area contributed by atoms with Gasteiger partial charge in [-0.05, 0) is 12.1 Å². The first-order chi connectivity index (χ1) is 6.33. The van der Waals surface area contributed by atoms with Crippen molar-refractivity contribution < 1.29 is 9.63 Å². The standard InChI is InChI=1S/C9H12N2O2/c1-10-9(12)7-13-11-8-5-3-2-4-6-8/h2-6,11H,7H2,1H3,(H,10,12). The molecule has 2 N–H and O–H groups in total. The van der Waals surface area contributed by atoms with Crippen molar-refractivity contribution in [3.63, 3.8) is 0 Å². The molecule has 1 amide bonds. The number of likely N-dealkylation sites (N-methyl/N-ethyl adjacent to an activating group) is 1. The molecule has 0 radical (unpaired) electrons. The molecule has 0 bridgehead atoms. The number of carbonyl (C=O) groups is 1. The minimum absolute atomic E-state index is 0.00535. The van der Waals surface area contributed by atoms with Crippen molar-refractivity contribution >= 4 is 11.6 Å². The maximum Gasteiger partial charge on any atom is 0.248 e. The van der Waals surface area contributed by atoms with Crippen LogP contribution in [-0.4, -0.2) is 19.6 Å². The van der Waals surface area contributed by atoms with Crippen LogP contribution in [-0.2, 0) is 9.63 Å². The molecule has 1 aromatic carbocycles. The van der Waals surface area contributed by atoms with Crippen molar-refractivity contribution in [3.05, 3.63) is 30.3 Å². The van der Waals surface area contributed by atoms with Crippen molar-refractivity contribution in [1.82, 2.24) is 5.32 Å². The fourth-order valence-electron chi connectivity index (χ4n) is 0.763. The van der Waals surface area contributed by atoms with Gasteiger partial charge in [0.1, 0.15) is 0 Å². The molecule has 1 aromatic rings. The van der Waals surface area contributed by atoms with E-state index in [9.17, 15) is 4.79 Å². The molecule has 0 atom stereocenters. The van der Waals surface area contributed by atoms with Crippen LogP contribution in [0.25, 0.3) is 0 Å². The van der Waals surface area contributed by atoms with Crippen LogP contribution in [0.2, 0.25) is 0 Å². The molecule has 4 heteroatoms. The number of rotatable bonds is 4. The molecular weight excluding hydrogens is 168 g/mol. The second-order valence-corrected chi connectivity index (χ2v) is 2.43. The monoisotopic (exact) mass is 180 g/mol. The smallest absolute Gasteiger partial charge is 0.248 e. The summed E-state index contributed by atoms with van der Waals surface area (Å²) in [4.78, 5) is 15.6. The molecule has 0 unspecified atom stereocenters. The number of hydrogen-bond donors (Lipinski definition) is 2. The fraction of sp³-hybridized carbons (Fsp3) is 0.222. The summed E-state index contributed by atoms with van der Waals surface area (Å²) in [6, 6.07) is 9.37. The zero-order valence-corrected chi connectivity index (χ0v) is 7.41. The van der Waals surface area contributed by atoms with Crippen LogP contribution in [0.3, 0.4) is 0 Å². The van der Waals surface area contributed by atoms with Crippen molar-refractivity contribution in [2.75, 3.05) is 19.1 Å². The zero-order valence-electron chi connectivity index (χ0n) is 7.41. The van der Waals surface area contributed by atoms with E-state index in [2.05, 4.69) is 10.8 Å². The first-order valence-corrected chi connectivity index (χ1v) is 3.96. The zero-order chi connectivity index (χ0) is 9.52. The number of carbonyl (C=O) groups excluding carboxylic acids is 1. The van der Waals surface area contributed by atoms with Crippen LogP contribution >= 0.6 is 0 Å². The highest BCUT2D eigenvalue weighted by Gasteiger charge is 1.96. The summed E-state index contributed by atoms with van der Waals surface area (Å²) in [5, 5.41) is 2.45. The van der Waals surface area contributed by atoms with Gasteiger partial charge in [0.15, 0.2) is 6.61 Å². The molecule has 0 aromatic heterocycles.